The van der Waals surface area contributed by atoms with Gasteiger partial charge in [0, 0.05) is 28.4 Å². The number of aromatic nitrogens is 1. The number of hydrogen-bond donors (Lipinski definition) is 4. The lowest BCUT2D eigenvalue weighted by Crippen LogP contribution is -3.17. The van der Waals surface area contributed by atoms with Crippen LogP contribution in [0.25, 0.3) is 10.9 Å². The lowest BCUT2D eigenvalue weighted by molar-refractivity contribution is -0.923. The molecule has 1 unspecified atom stereocenters. The summed E-state index contributed by atoms with van der Waals surface area (Å²) in [5.74, 6) is -0.679. The van der Waals surface area contributed by atoms with Crippen LogP contribution in [0.1, 0.15) is 36.2 Å². The quantitative estimate of drug-likeness (QED) is 0.513. The van der Waals surface area contributed by atoms with Crippen LogP contribution in [0.4, 0.5) is 5.69 Å². The second-order valence-electron chi connectivity index (χ2n) is 6.89. The fourth-order valence-corrected chi connectivity index (χ4v) is 4.19. The number of rotatable bonds is 6. The van der Waals surface area contributed by atoms with Gasteiger partial charge in [0.2, 0.25) is 0 Å². The van der Waals surface area contributed by atoms with Crippen molar-refractivity contribution < 1.29 is 24.3 Å². The number of benzene rings is 1. The Morgan fingerprint density at radius 3 is 2.96 bits per heavy atom. The van der Waals surface area contributed by atoms with Crippen molar-refractivity contribution in [2.24, 2.45) is 0 Å². The Morgan fingerprint density at radius 2 is 2.22 bits per heavy atom. The maximum absolute atomic E-state index is 12.7. The van der Waals surface area contributed by atoms with Gasteiger partial charge in [-0.2, -0.15) is 0 Å². The molecule has 1 aliphatic rings. The minimum Gasteiger partial charge on any atom is -0.464 e. The number of aliphatic hydroxyl groups excluding tert-OH is 1. The van der Waals surface area contributed by atoms with Gasteiger partial charge in [0.25, 0.3) is 5.91 Å². The maximum Gasteiger partial charge on any atom is 0.356 e. The van der Waals surface area contributed by atoms with Crippen LogP contribution in [0, 0.1) is 0 Å². The summed E-state index contributed by atoms with van der Waals surface area (Å²) in [5.41, 5.74) is 1.43. The number of likely N-dealkylation sites (tertiary alicyclic amines) is 1. The maximum atomic E-state index is 12.7. The first-order valence-electron chi connectivity index (χ1n) is 9.18. The molecule has 7 nitrogen and oxygen atoms in total. The van der Waals surface area contributed by atoms with E-state index in [1.807, 2.05) is 18.2 Å². The first kappa shape index (κ1) is 19.9. The molecule has 1 aromatic heterocycles. The summed E-state index contributed by atoms with van der Waals surface area (Å²) < 4.78 is 5.70. The molecule has 0 radical (unpaired) electrons. The zero-order valence-corrected chi connectivity index (χ0v) is 16.9. The number of aliphatic hydroxyl groups is 1. The van der Waals surface area contributed by atoms with E-state index >= 15 is 0 Å². The highest BCUT2D eigenvalue weighted by atomic mass is 79.9. The van der Waals surface area contributed by atoms with E-state index in [0.717, 1.165) is 41.2 Å². The number of carbonyl (C=O) groups excluding carboxylic acids is 2. The number of piperidine rings is 1. The number of H-pyrrole nitrogens is 1. The number of quaternary nitrogens is 1. The van der Waals surface area contributed by atoms with E-state index in [1.54, 1.807) is 0 Å². The van der Waals surface area contributed by atoms with Crippen LogP contribution in [0.5, 0.6) is 0 Å². The van der Waals surface area contributed by atoms with Crippen LogP contribution in [0.15, 0.2) is 22.7 Å². The van der Waals surface area contributed by atoms with E-state index in [9.17, 15) is 14.7 Å². The summed E-state index contributed by atoms with van der Waals surface area (Å²) >= 11 is 3.43. The molecule has 146 valence electrons. The number of amides is 1. The second-order valence-corrected chi connectivity index (χ2v) is 7.81. The molecule has 3 rings (SSSR count). The summed E-state index contributed by atoms with van der Waals surface area (Å²) in [6.45, 7) is 1.37. The van der Waals surface area contributed by atoms with E-state index in [1.165, 1.54) is 12.0 Å². The van der Waals surface area contributed by atoms with Crippen molar-refractivity contribution >= 4 is 44.4 Å². The van der Waals surface area contributed by atoms with Crippen molar-refractivity contribution in [1.82, 2.24) is 4.98 Å². The summed E-state index contributed by atoms with van der Waals surface area (Å²) in [5, 5.41) is 12.9. The zero-order valence-electron chi connectivity index (χ0n) is 15.3. The molecule has 2 heterocycles. The number of anilines is 1. The van der Waals surface area contributed by atoms with Crippen molar-refractivity contribution in [2.75, 3.05) is 32.1 Å². The van der Waals surface area contributed by atoms with Crippen LogP contribution in [0.2, 0.25) is 0 Å². The Labute approximate surface area is 166 Å². The van der Waals surface area contributed by atoms with Crippen LogP contribution >= 0.6 is 15.9 Å². The van der Waals surface area contributed by atoms with E-state index < -0.39 is 5.97 Å². The molecule has 4 N–H and O–H groups in total. The highest BCUT2D eigenvalue weighted by Gasteiger charge is 2.28. The minimum absolute atomic E-state index is 0.138. The van der Waals surface area contributed by atoms with Crippen LogP contribution < -0.4 is 10.2 Å². The van der Waals surface area contributed by atoms with Crippen molar-refractivity contribution in [1.29, 1.82) is 0 Å². The highest BCUT2D eigenvalue weighted by Crippen LogP contribution is 2.30. The molecule has 1 aliphatic heterocycles. The molecule has 0 bridgehead atoms. The van der Waals surface area contributed by atoms with Gasteiger partial charge in [0.1, 0.15) is 5.69 Å². The monoisotopic (exact) mass is 438 g/mol. The normalized spacial score (nSPS) is 19.8. The number of nitrogens with one attached hydrogen (secondary N) is 3. The standard InChI is InChI=1S/C19H24BrN3O4/c1-27-19(26)18-17(14-10-12(20)5-6-15(14)21-18)22-16(25)11-23-8-3-2-4-13(23)7-9-24/h5-6,10,13,21,24H,2-4,7-9,11H2,1H3,(H,22,25)/p+1/t13-/m0/s1. The molecular formula is C19H25BrN3O4+. The topological polar surface area (TPSA) is 95.9 Å². The zero-order chi connectivity index (χ0) is 19.4. The van der Waals surface area contributed by atoms with Gasteiger partial charge in [-0.15, -0.1) is 0 Å². The van der Waals surface area contributed by atoms with Gasteiger partial charge in [-0.1, -0.05) is 15.9 Å². The third-order valence-electron chi connectivity index (χ3n) is 5.16. The summed E-state index contributed by atoms with van der Waals surface area (Å²) in [4.78, 5) is 29.1. The van der Waals surface area contributed by atoms with Crippen LogP contribution in [-0.2, 0) is 9.53 Å². The van der Waals surface area contributed by atoms with Crippen LogP contribution in [0.3, 0.4) is 0 Å². The lowest BCUT2D eigenvalue weighted by Gasteiger charge is -2.31. The van der Waals surface area contributed by atoms with E-state index in [2.05, 4.69) is 26.2 Å². The molecule has 0 saturated carbocycles. The third-order valence-corrected chi connectivity index (χ3v) is 5.65. The Bertz CT molecular complexity index is 834. The number of fused-ring (bicyclic) bond motifs is 1. The smallest absolute Gasteiger partial charge is 0.356 e. The minimum atomic E-state index is -0.527. The van der Waals surface area contributed by atoms with Gasteiger partial charge in [0.15, 0.2) is 6.54 Å². The number of halogens is 1. The summed E-state index contributed by atoms with van der Waals surface area (Å²) in [7, 11) is 1.31. The van der Waals surface area contributed by atoms with Crippen LogP contribution in [-0.4, -0.2) is 54.8 Å². The molecule has 2 aromatic rings. The number of aromatic amines is 1. The molecule has 2 atom stereocenters. The third kappa shape index (κ3) is 4.51. The van der Waals surface area contributed by atoms with Crippen molar-refractivity contribution in [2.45, 2.75) is 31.7 Å². The SMILES string of the molecule is COC(=O)c1[nH]c2ccc(Br)cc2c1NC(=O)C[NH+]1CCCC[C@H]1CCO. The number of hydrogen-bond acceptors (Lipinski definition) is 4. The van der Waals surface area contributed by atoms with Crippen molar-refractivity contribution in [3.8, 4) is 0 Å². The predicted octanol–water partition coefficient (Wildman–Crippen LogP) is 1.48. The molecule has 8 heteroatoms. The van der Waals surface area contributed by atoms with E-state index in [0.29, 0.717) is 24.7 Å². The number of carbonyl (C=O) groups is 2. The van der Waals surface area contributed by atoms with Gasteiger partial charge in [-0.25, -0.2) is 4.79 Å². The molecule has 1 fully saturated rings. The van der Waals surface area contributed by atoms with Gasteiger partial charge in [-0.05, 0) is 37.5 Å². The highest BCUT2D eigenvalue weighted by molar-refractivity contribution is 9.10. The number of methoxy groups -OCH3 is 1. The van der Waals surface area contributed by atoms with E-state index in [4.69, 9.17) is 4.74 Å². The first-order chi connectivity index (χ1) is 13.0. The largest absolute Gasteiger partial charge is 0.464 e. The molecule has 1 aromatic carbocycles. The lowest BCUT2D eigenvalue weighted by atomic mass is 9.99. The van der Waals surface area contributed by atoms with Gasteiger partial charge in [-0.3, -0.25) is 4.79 Å². The average molecular weight is 439 g/mol. The summed E-state index contributed by atoms with van der Waals surface area (Å²) in [6, 6.07) is 5.86. The second kappa shape index (κ2) is 8.86. The Morgan fingerprint density at radius 1 is 1.41 bits per heavy atom. The number of esters is 1. The first-order valence-corrected chi connectivity index (χ1v) is 9.97. The fourth-order valence-electron chi connectivity index (χ4n) is 3.83. The number of ether oxygens (including phenoxy) is 1. The fraction of sp³-hybridized carbons (Fsp3) is 0.474. The van der Waals surface area contributed by atoms with Gasteiger partial charge < -0.3 is 25.0 Å². The van der Waals surface area contributed by atoms with Gasteiger partial charge >= 0.3 is 5.97 Å². The Kier molecular flexibility index (Phi) is 6.51. The van der Waals surface area contributed by atoms with Crippen molar-refractivity contribution in [3.63, 3.8) is 0 Å². The molecule has 1 saturated heterocycles. The van der Waals surface area contributed by atoms with Gasteiger partial charge in [0.05, 0.1) is 25.4 Å². The molecule has 1 amide bonds. The molecule has 27 heavy (non-hydrogen) atoms. The Balaban J connectivity index is 1.83. The molecular weight excluding hydrogens is 414 g/mol. The Hall–Kier alpha value is -1.90. The predicted molar refractivity (Wildman–Crippen MR) is 106 cm³/mol. The van der Waals surface area contributed by atoms with Crippen molar-refractivity contribution in [3.05, 3.63) is 28.4 Å². The summed E-state index contributed by atoms with van der Waals surface area (Å²) in [6.07, 6.45) is 3.95. The average Bonchev–Trinajstić information content (AvgIpc) is 3.00. The molecule has 0 aliphatic carbocycles. The van der Waals surface area contributed by atoms with E-state index in [-0.39, 0.29) is 18.2 Å². The molecule has 0 spiro atoms.